The highest BCUT2D eigenvalue weighted by molar-refractivity contribution is 6.31. The van der Waals surface area contributed by atoms with E-state index in [1.807, 2.05) is 51.0 Å². The fraction of sp³-hybridized carbons (Fsp3) is 0.396. The van der Waals surface area contributed by atoms with Gasteiger partial charge in [0.1, 0.15) is 0 Å². The van der Waals surface area contributed by atoms with Crippen LogP contribution in [-0.4, -0.2) is 67.2 Å². The number of pyridine rings is 2. The largest absolute Gasteiger partial charge is 0.337 e. The number of allylic oxidation sites excluding steroid dienone is 2. The van der Waals surface area contributed by atoms with E-state index in [1.54, 1.807) is 0 Å². The van der Waals surface area contributed by atoms with Crippen LogP contribution in [0.15, 0.2) is 98.1 Å². The number of benzene rings is 2. The standard InChI is InChI=1S/C26H29ClN4.C25H27ClN4.2CH4/c1-18-16-31(17-29-18)13-9-20-14-21-4-3-10-28-26(21)25(19-7-11-30(2)12-8-19)23-6-5-22(27)15-24(20)23;1-17-15-30(16-29-17)12-8-19-13-20-3-2-9-28-25(20)24(18-6-10-27-11-7-18)22-5-4-21(26)14-23(19)22;;/h3-6,10,14-17,19,25H,7-9,11-13H2,1-2H3;2-5,9,13-16,18,24,27H,6-8,10-12H2,1H3;2*1H4. The van der Waals surface area contributed by atoms with Gasteiger partial charge in [-0.3, -0.25) is 9.97 Å². The number of nitrogens with one attached hydrogen (secondary N) is 1. The molecule has 6 aromatic rings. The summed E-state index contributed by atoms with van der Waals surface area (Å²) in [5, 5.41) is 5.10. The van der Waals surface area contributed by atoms with E-state index >= 15 is 0 Å². The Kier molecular flexibility index (Phi) is 15.2. The van der Waals surface area contributed by atoms with Gasteiger partial charge in [-0.25, -0.2) is 9.97 Å². The molecule has 0 amide bonds. The number of piperidine rings is 2. The minimum absolute atomic E-state index is 0. The number of fused-ring (bicyclic) bond motifs is 4. The van der Waals surface area contributed by atoms with E-state index in [4.69, 9.17) is 33.2 Å². The molecule has 2 aliphatic carbocycles. The van der Waals surface area contributed by atoms with E-state index in [-0.39, 0.29) is 14.9 Å². The Hall–Kier alpha value is -4.86. The maximum Gasteiger partial charge on any atom is 0.0949 e. The molecule has 10 heteroatoms. The van der Waals surface area contributed by atoms with Crippen molar-refractivity contribution in [2.75, 3.05) is 33.2 Å². The highest BCUT2D eigenvalue weighted by Gasteiger charge is 2.35. The van der Waals surface area contributed by atoms with Crippen molar-refractivity contribution in [1.82, 2.24) is 39.3 Å². The van der Waals surface area contributed by atoms with Crippen molar-refractivity contribution in [3.05, 3.63) is 164 Å². The first-order chi connectivity index (χ1) is 29.8. The molecule has 4 aliphatic rings. The molecule has 63 heavy (non-hydrogen) atoms. The summed E-state index contributed by atoms with van der Waals surface area (Å²) in [5.74, 6) is 1.79. The van der Waals surface area contributed by atoms with Gasteiger partial charge in [0.2, 0.25) is 0 Å². The van der Waals surface area contributed by atoms with Gasteiger partial charge in [0.25, 0.3) is 0 Å². The fourth-order valence-corrected chi connectivity index (χ4v) is 10.5. The van der Waals surface area contributed by atoms with Crippen LogP contribution in [-0.2, 0) is 13.1 Å². The molecule has 10 rings (SSSR count). The SMILES string of the molecule is C.C.Cc1cn(CCC2=Cc3cccnc3C(C3CCN(C)CC3)c3ccc(Cl)cc32)cn1.Cc1cn(CCC2=Cc3cccnc3C(C3CCNCC3)c3ccc(Cl)cc32)cn1. The van der Waals surface area contributed by atoms with Gasteiger partial charge < -0.3 is 19.4 Å². The van der Waals surface area contributed by atoms with Crippen molar-refractivity contribution in [3.63, 3.8) is 0 Å². The van der Waals surface area contributed by atoms with Gasteiger partial charge in [-0.2, -0.15) is 0 Å². The molecule has 0 spiro atoms. The molecule has 6 heterocycles. The zero-order chi connectivity index (χ0) is 41.9. The molecule has 2 fully saturated rings. The lowest BCUT2D eigenvalue weighted by Crippen LogP contribution is -2.33. The molecule has 2 atom stereocenters. The average molecular weight is 884 g/mol. The van der Waals surface area contributed by atoms with Crippen LogP contribution in [0.1, 0.15) is 121 Å². The first kappa shape index (κ1) is 46.1. The Labute approximate surface area is 385 Å². The molecule has 8 nitrogen and oxygen atoms in total. The van der Waals surface area contributed by atoms with Crippen LogP contribution in [0.3, 0.4) is 0 Å². The highest BCUT2D eigenvalue weighted by Crippen LogP contribution is 2.47. The molecule has 4 aromatic heterocycles. The number of hydrogen-bond donors (Lipinski definition) is 1. The second-order valence-electron chi connectivity index (χ2n) is 17.4. The molecule has 1 N–H and O–H groups in total. The zero-order valence-corrected chi connectivity index (χ0v) is 37.1. The number of nitrogens with zero attached hydrogens (tertiary/aromatic N) is 7. The van der Waals surface area contributed by atoms with E-state index in [0.29, 0.717) is 23.7 Å². The summed E-state index contributed by atoms with van der Waals surface area (Å²) in [6.45, 7) is 10.3. The third-order valence-corrected chi connectivity index (χ3v) is 13.7. The summed E-state index contributed by atoms with van der Waals surface area (Å²) in [5.41, 5.74) is 15.0. The molecule has 330 valence electrons. The molecule has 2 aromatic carbocycles. The molecule has 0 bridgehead atoms. The quantitative estimate of drug-likeness (QED) is 0.164. The van der Waals surface area contributed by atoms with Crippen molar-refractivity contribution in [1.29, 1.82) is 0 Å². The first-order valence-corrected chi connectivity index (χ1v) is 22.8. The van der Waals surface area contributed by atoms with Crippen molar-refractivity contribution in [3.8, 4) is 0 Å². The maximum atomic E-state index is 6.51. The van der Waals surface area contributed by atoms with E-state index in [1.165, 1.54) is 81.6 Å². The van der Waals surface area contributed by atoms with Crippen LogP contribution < -0.4 is 5.32 Å². The number of aromatic nitrogens is 6. The lowest BCUT2D eigenvalue weighted by Gasteiger charge is -2.35. The van der Waals surface area contributed by atoms with Crippen molar-refractivity contribution < 1.29 is 0 Å². The normalized spacial score (nSPS) is 18.6. The molecule has 0 radical (unpaired) electrons. The predicted octanol–water partition coefficient (Wildman–Crippen LogP) is 12.2. The highest BCUT2D eigenvalue weighted by atomic mass is 35.5. The topological polar surface area (TPSA) is 76.7 Å². The molecular weight excluding hydrogens is 820 g/mol. The maximum absolute atomic E-state index is 6.51. The summed E-state index contributed by atoms with van der Waals surface area (Å²) in [6.07, 6.45) is 23.2. The summed E-state index contributed by atoms with van der Waals surface area (Å²) >= 11 is 13.0. The fourth-order valence-electron chi connectivity index (χ4n) is 10.2. The number of likely N-dealkylation sites (tertiary alicyclic amines) is 1. The van der Waals surface area contributed by atoms with Gasteiger partial charge in [-0.05, 0) is 191 Å². The van der Waals surface area contributed by atoms with Gasteiger partial charge in [0.15, 0.2) is 0 Å². The number of imidazole rings is 2. The van der Waals surface area contributed by atoms with Gasteiger partial charge in [0.05, 0.1) is 35.4 Å². The number of halogens is 2. The van der Waals surface area contributed by atoms with Crippen molar-refractivity contribution >= 4 is 46.5 Å². The second-order valence-corrected chi connectivity index (χ2v) is 18.3. The monoisotopic (exact) mass is 882 g/mol. The predicted molar refractivity (Wildman–Crippen MR) is 263 cm³/mol. The first-order valence-electron chi connectivity index (χ1n) is 22.0. The molecular formula is C53H64Cl2N8. The lowest BCUT2D eigenvalue weighted by atomic mass is 9.76. The number of rotatable bonds is 8. The van der Waals surface area contributed by atoms with E-state index in [9.17, 15) is 0 Å². The average Bonchev–Trinajstić information content (AvgIpc) is 3.83. The van der Waals surface area contributed by atoms with Crippen LogP contribution >= 0.6 is 23.2 Å². The van der Waals surface area contributed by atoms with Crippen LogP contribution in [0.25, 0.3) is 23.3 Å². The molecule has 0 saturated carbocycles. The molecule has 2 aliphatic heterocycles. The zero-order valence-electron chi connectivity index (χ0n) is 35.6. The number of aryl methyl sites for hydroxylation is 4. The second kappa shape index (κ2) is 20.8. The Bertz CT molecular complexity index is 2540. The Morgan fingerprint density at radius 3 is 1.52 bits per heavy atom. The van der Waals surface area contributed by atoms with Crippen LogP contribution in [0.4, 0.5) is 0 Å². The van der Waals surface area contributed by atoms with Gasteiger partial charge in [-0.1, -0.05) is 62.3 Å². The van der Waals surface area contributed by atoms with Crippen molar-refractivity contribution in [2.24, 2.45) is 11.8 Å². The molecule has 2 unspecified atom stereocenters. The van der Waals surface area contributed by atoms with E-state index < -0.39 is 0 Å². The Morgan fingerprint density at radius 1 is 0.619 bits per heavy atom. The third-order valence-electron chi connectivity index (χ3n) is 13.3. The summed E-state index contributed by atoms with van der Waals surface area (Å²) in [4.78, 5) is 21.0. The van der Waals surface area contributed by atoms with Crippen LogP contribution in [0.2, 0.25) is 10.0 Å². The smallest absolute Gasteiger partial charge is 0.0949 e. The number of hydrogen-bond acceptors (Lipinski definition) is 6. The minimum Gasteiger partial charge on any atom is -0.337 e. The lowest BCUT2D eigenvalue weighted by molar-refractivity contribution is 0.206. The van der Waals surface area contributed by atoms with Gasteiger partial charge in [0, 0.05) is 59.8 Å². The van der Waals surface area contributed by atoms with E-state index in [0.717, 1.165) is 73.5 Å². The minimum atomic E-state index is 0. The third kappa shape index (κ3) is 10.4. The Morgan fingerprint density at radius 2 is 1.08 bits per heavy atom. The summed E-state index contributed by atoms with van der Waals surface area (Å²) < 4.78 is 4.34. The van der Waals surface area contributed by atoms with Crippen LogP contribution in [0.5, 0.6) is 0 Å². The van der Waals surface area contributed by atoms with Gasteiger partial charge >= 0.3 is 0 Å². The Balaban J connectivity index is 0.000000183. The van der Waals surface area contributed by atoms with Gasteiger partial charge in [-0.15, -0.1) is 0 Å². The van der Waals surface area contributed by atoms with Crippen LogP contribution in [0, 0.1) is 25.7 Å². The van der Waals surface area contributed by atoms with E-state index in [2.05, 4.69) is 109 Å². The summed E-state index contributed by atoms with van der Waals surface area (Å²) in [7, 11) is 2.22. The van der Waals surface area contributed by atoms with Crippen molar-refractivity contribution in [2.45, 2.75) is 92.2 Å². The summed E-state index contributed by atoms with van der Waals surface area (Å²) in [6, 6.07) is 21.4. The molecule has 2 saturated heterocycles.